The smallest absolute Gasteiger partial charge is 0.141 e. The summed E-state index contributed by atoms with van der Waals surface area (Å²) in [5.41, 5.74) is 7.10. The maximum absolute atomic E-state index is 6.63. The molecule has 2 aliphatic rings. The number of hydrogen-bond acceptors (Lipinski definition) is 7. The van der Waals surface area contributed by atoms with E-state index in [1.807, 2.05) is 12.1 Å². The van der Waals surface area contributed by atoms with E-state index in [1.54, 1.807) is 26.5 Å². The molecule has 5 rings (SSSR count). The fourth-order valence-corrected chi connectivity index (χ4v) is 5.20. The summed E-state index contributed by atoms with van der Waals surface area (Å²) in [5.74, 6) is 2.75. The summed E-state index contributed by atoms with van der Waals surface area (Å²) in [6, 6.07) is 5.39. The van der Waals surface area contributed by atoms with E-state index in [4.69, 9.17) is 48.1 Å². The fraction of sp³-hybridized carbons (Fsp3) is 0.462. The predicted octanol–water partition coefficient (Wildman–Crippen LogP) is 6.60. The van der Waals surface area contributed by atoms with E-state index in [-0.39, 0.29) is 0 Å². The number of pyridine rings is 2. The molecule has 0 atom stereocenters. The summed E-state index contributed by atoms with van der Waals surface area (Å²) in [6.07, 6.45) is 9.33. The lowest BCUT2D eigenvalue weighted by Crippen LogP contribution is -2.12. The predicted molar refractivity (Wildman–Crippen MR) is 143 cm³/mol. The van der Waals surface area contributed by atoms with Crippen molar-refractivity contribution in [1.82, 2.24) is 9.97 Å². The first-order chi connectivity index (χ1) is 17.0. The summed E-state index contributed by atoms with van der Waals surface area (Å²) in [7, 11) is 3.10. The number of halogens is 2. The van der Waals surface area contributed by atoms with Gasteiger partial charge in [0.2, 0.25) is 0 Å². The van der Waals surface area contributed by atoms with Crippen molar-refractivity contribution in [2.24, 2.45) is 5.92 Å². The van der Waals surface area contributed by atoms with Crippen molar-refractivity contribution in [1.29, 1.82) is 0 Å². The number of methoxy groups -OCH3 is 2. The topological polar surface area (TPSA) is 91.5 Å². The minimum absolute atomic E-state index is 0.375. The maximum atomic E-state index is 6.63. The molecule has 1 aliphatic carbocycles. The van der Waals surface area contributed by atoms with Gasteiger partial charge in [-0.25, -0.2) is 9.97 Å². The number of fused-ring (bicyclic) bond motifs is 1. The van der Waals surface area contributed by atoms with Gasteiger partial charge in [-0.05, 0) is 43.7 Å². The first-order valence-electron chi connectivity index (χ1n) is 12.0. The largest absolute Gasteiger partial charge is 0.495 e. The molecule has 7 nitrogen and oxygen atoms in total. The van der Waals surface area contributed by atoms with Crippen LogP contribution in [0.2, 0.25) is 10.0 Å². The number of aromatic nitrogens is 2. The van der Waals surface area contributed by atoms with Crippen LogP contribution in [0.1, 0.15) is 38.5 Å². The van der Waals surface area contributed by atoms with Crippen molar-refractivity contribution in [3.8, 4) is 22.8 Å². The molecule has 1 saturated heterocycles. The number of nitrogens with two attached hydrogens (primary N) is 1. The summed E-state index contributed by atoms with van der Waals surface area (Å²) < 4.78 is 15.8. The summed E-state index contributed by atoms with van der Waals surface area (Å²) in [6.45, 7) is 2.86. The molecule has 3 N–H and O–H groups in total. The number of anilines is 2. The normalized spacial score (nSPS) is 15.7. The highest BCUT2D eigenvalue weighted by Crippen LogP contribution is 2.46. The van der Waals surface area contributed by atoms with Gasteiger partial charge in [-0.3, -0.25) is 0 Å². The Morgan fingerprint density at radius 1 is 1.00 bits per heavy atom. The lowest BCUT2D eigenvalue weighted by atomic mass is 10.1. The van der Waals surface area contributed by atoms with Crippen molar-refractivity contribution in [3.05, 3.63) is 34.4 Å². The zero-order valence-corrected chi connectivity index (χ0v) is 21.7. The van der Waals surface area contributed by atoms with Gasteiger partial charge in [-0.15, -0.1) is 0 Å². The quantitative estimate of drug-likeness (QED) is 0.379. The van der Waals surface area contributed by atoms with Crippen LogP contribution in [-0.2, 0) is 4.74 Å². The first kappa shape index (κ1) is 25.6. The van der Waals surface area contributed by atoms with Gasteiger partial charge in [0.25, 0.3) is 0 Å². The lowest BCUT2D eigenvalue weighted by Gasteiger charge is -2.17. The van der Waals surface area contributed by atoms with Crippen LogP contribution in [0.15, 0.2) is 24.4 Å². The van der Waals surface area contributed by atoms with Crippen molar-refractivity contribution in [2.75, 3.05) is 45.0 Å². The average Bonchev–Trinajstić information content (AvgIpc) is 3.60. The molecule has 3 aromatic rings. The van der Waals surface area contributed by atoms with E-state index in [2.05, 4.69) is 10.3 Å². The molecule has 0 radical (unpaired) electrons. The lowest BCUT2D eigenvalue weighted by molar-refractivity contribution is 0.198. The Balaban J connectivity index is 0.000000514. The highest BCUT2D eigenvalue weighted by atomic mass is 35.5. The van der Waals surface area contributed by atoms with E-state index in [0.29, 0.717) is 44.5 Å². The van der Waals surface area contributed by atoms with Crippen LogP contribution in [0.25, 0.3) is 22.0 Å². The molecule has 0 amide bonds. The van der Waals surface area contributed by atoms with Gasteiger partial charge in [0.05, 0.1) is 30.0 Å². The van der Waals surface area contributed by atoms with E-state index in [9.17, 15) is 0 Å². The first-order valence-corrected chi connectivity index (χ1v) is 12.8. The molecular formula is C26H32Cl2N4O3. The van der Waals surface area contributed by atoms with E-state index in [1.165, 1.54) is 38.5 Å². The van der Waals surface area contributed by atoms with Crippen LogP contribution >= 0.6 is 23.2 Å². The van der Waals surface area contributed by atoms with Gasteiger partial charge in [0.15, 0.2) is 0 Å². The Bertz CT molecular complexity index is 1130. The van der Waals surface area contributed by atoms with Crippen molar-refractivity contribution >= 4 is 45.6 Å². The third-order valence-corrected chi connectivity index (χ3v) is 7.18. The Morgan fingerprint density at radius 3 is 2.23 bits per heavy atom. The van der Waals surface area contributed by atoms with Gasteiger partial charge < -0.3 is 25.3 Å². The number of benzene rings is 1. The molecule has 0 spiro atoms. The summed E-state index contributed by atoms with van der Waals surface area (Å²) in [5, 5.41) is 6.07. The molecule has 0 unspecified atom stereocenters. The van der Waals surface area contributed by atoms with Gasteiger partial charge >= 0.3 is 0 Å². The fourth-order valence-electron chi connectivity index (χ4n) is 4.50. The molecular weight excluding hydrogens is 487 g/mol. The van der Waals surface area contributed by atoms with E-state index >= 15 is 0 Å². The molecule has 0 bridgehead atoms. The average molecular weight is 519 g/mol. The molecule has 2 fully saturated rings. The zero-order chi connectivity index (χ0) is 24.8. The maximum Gasteiger partial charge on any atom is 0.141 e. The number of nitrogen functional groups attached to an aromatic ring is 1. The van der Waals surface area contributed by atoms with Crippen molar-refractivity contribution in [2.45, 2.75) is 38.5 Å². The number of hydrogen-bond donors (Lipinski definition) is 2. The molecule has 1 aromatic carbocycles. The van der Waals surface area contributed by atoms with Crippen LogP contribution in [0.4, 0.5) is 11.6 Å². The molecule has 1 aliphatic heterocycles. The van der Waals surface area contributed by atoms with Gasteiger partial charge in [-0.2, -0.15) is 0 Å². The zero-order valence-electron chi connectivity index (χ0n) is 20.2. The van der Waals surface area contributed by atoms with Crippen LogP contribution < -0.4 is 20.5 Å². The Hall–Kier alpha value is -2.48. The highest BCUT2D eigenvalue weighted by molar-refractivity contribution is 6.41. The number of nitrogens with one attached hydrogen (secondary N) is 1. The van der Waals surface area contributed by atoms with E-state index < -0.39 is 0 Å². The Kier molecular flexibility index (Phi) is 8.76. The number of ether oxygens (including phenoxy) is 3. The highest BCUT2D eigenvalue weighted by Gasteiger charge is 2.22. The van der Waals surface area contributed by atoms with E-state index in [0.717, 1.165) is 36.3 Å². The standard InChI is InChI=1S/C22H24Cl2N4O2.C4H8O/c1-29-16-9-17(30-2)21(24)19(20(16)23)15-7-13-11-26-18(25)8-14(13)22(28-15)27-10-12-5-3-4-6-12;1-2-4-5-3-1/h7-9,11-12H,3-6,10H2,1-2H3,(H2,25,26)(H,27,28);1-4H2. The number of rotatable bonds is 6. The Labute approximate surface area is 216 Å². The second-order valence-electron chi connectivity index (χ2n) is 8.82. The summed E-state index contributed by atoms with van der Waals surface area (Å²) in [4.78, 5) is 9.11. The Morgan fingerprint density at radius 2 is 1.66 bits per heavy atom. The van der Waals surface area contributed by atoms with Crippen LogP contribution in [0, 0.1) is 5.92 Å². The molecule has 1 saturated carbocycles. The van der Waals surface area contributed by atoms with Gasteiger partial charge in [-0.1, -0.05) is 36.0 Å². The minimum atomic E-state index is 0.375. The van der Waals surface area contributed by atoms with Crippen molar-refractivity contribution in [3.63, 3.8) is 0 Å². The molecule has 2 aromatic heterocycles. The molecule has 9 heteroatoms. The summed E-state index contributed by atoms with van der Waals surface area (Å²) >= 11 is 13.3. The third kappa shape index (κ3) is 6.02. The molecule has 35 heavy (non-hydrogen) atoms. The van der Waals surface area contributed by atoms with Gasteiger partial charge in [0.1, 0.15) is 23.1 Å². The van der Waals surface area contributed by atoms with Gasteiger partial charge in [0, 0.05) is 48.4 Å². The van der Waals surface area contributed by atoms with Crippen LogP contribution in [0.5, 0.6) is 11.5 Å². The van der Waals surface area contributed by atoms with Crippen LogP contribution in [-0.4, -0.2) is 43.9 Å². The molecule has 3 heterocycles. The second-order valence-corrected chi connectivity index (χ2v) is 9.58. The minimum Gasteiger partial charge on any atom is -0.495 e. The number of nitrogens with zero attached hydrogens (tertiary/aromatic N) is 2. The monoisotopic (exact) mass is 518 g/mol. The SMILES string of the molecule is C1CCOC1.COc1cc(OC)c(Cl)c(-c2cc3cnc(N)cc3c(NCC3CCCC3)n2)c1Cl. The van der Waals surface area contributed by atoms with Crippen LogP contribution in [0.3, 0.4) is 0 Å². The second kappa shape index (κ2) is 12.0. The third-order valence-electron chi connectivity index (χ3n) is 6.43. The van der Waals surface area contributed by atoms with Crippen molar-refractivity contribution < 1.29 is 14.2 Å². The molecule has 188 valence electrons.